The van der Waals surface area contributed by atoms with Gasteiger partial charge in [-0.25, -0.2) is 4.79 Å². The molecule has 2 unspecified atom stereocenters. The third-order valence-corrected chi connectivity index (χ3v) is 17.9. The zero-order chi connectivity index (χ0) is 64.7. The maximum absolute atomic E-state index is 12.9. The Morgan fingerprint density at radius 1 is 0.337 bits per heavy atom. The van der Waals surface area contributed by atoms with Crippen molar-refractivity contribution in [3.05, 3.63) is 36.5 Å². The van der Waals surface area contributed by atoms with E-state index in [2.05, 4.69) is 50.3 Å². The molecule has 524 valence electrons. The molecule has 1 N–H and O–H groups in total. The lowest BCUT2D eigenvalue weighted by Crippen LogP contribution is -2.40. The third-order valence-electron chi connectivity index (χ3n) is 17.9. The molecule has 0 aliphatic rings. The number of aliphatic carboxylic acids is 1. The number of hydrogen-bond acceptors (Lipinski definition) is 7. The van der Waals surface area contributed by atoms with Crippen LogP contribution < -0.4 is 0 Å². The summed E-state index contributed by atoms with van der Waals surface area (Å²) in [5.41, 5.74) is 0. The van der Waals surface area contributed by atoms with Gasteiger partial charge in [0.15, 0.2) is 6.10 Å². The molecule has 0 heterocycles. The highest BCUT2D eigenvalue weighted by Gasteiger charge is 2.25. The first-order valence-electron chi connectivity index (χ1n) is 39.2. The number of allylic oxidation sites excluding steroid dienone is 6. The maximum atomic E-state index is 12.9. The van der Waals surface area contributed by atoms with Gasteiger partial charge in [-0.15, -0.1) is 0 Å². The fraction of sp³-hybridized carbons (Fsp3) is 0.887. The summed E-state index contributed by atoms with van der Waals surface area (Å²) in [5, 5.41) is 9.76. The van der Waals surface area contributed by atoms with E-state index < -0.39 is 18.4 Å². The van der Waals surface area contributed by atoms with Crippen LogP contribution >= 0.6 is 0 Å². The summed E-state index contributed by atoms with van der Waals surface area (Å²) < 4.78 is 23.0. The summed E-state index contributed by atoms with van der Waals surface area (Å²) in [6, 6.07) is 0. The van der Waals surface area contributed by atoms with Crippen LogP contribution in [0.25, 0.3) is 0 Å². The van der Waals surface area contributed by atoms with E-state index in [4.69, 9.17) is 18.9 Å². The van der Waals surface area contributed by atoms with Gasteiger partial charge < -0.3 is 28.5 Å². The molecule has 0 saturated heterocycles. The topological polar surface area (TPSA) is 108 Å². The number of quaternary nitrogens is 1. The van der Waals surface area contributed by atoms with Gasteiger partial charge in [0, 0.05) is 12.8 Å². The van der Waals surface area contributed by atoms with Crippen LogP contribution in [0.5, 0.6) is 0 Å². The van der Waals surface area contributed by atoms with Crippen molar-refractivity contribution < 1.29 is 42.9 Å². The number of carbonyl (C=O) groups excluding carboxylic acids is 2. The van der Waals surface area contributed by atoms with E-state index in [1.54, 1.807) is 0 Å². The van der Waals surface area contributed by atoms with Gasteiger partial charge in [-0.05, 0) is 70.6 Å². The standard InChI is InChI=1S/C80H151NO8/c1-6-8-10-12-14-16-18-20-22-24-26-28-30-31-32-33-34-35-36-37-38-39-40-41-42-43-44-45-46-47-49-50-52-54-56-58-60-62-64-66-68-70-77(82)87-74-76(75-88-80(79(84)85)86-73-72-81(3,4)5)89-78(83)71-69-67-65-63-61-59-57-55-53-51-48-29-27-25-23-21-19-17-15-13-11-9-7-2/h19,21,24-27,76,80H,6-18,20,22-23,28-75H2,1-5H3/p+1/b21-19-,26-24-,27-25-. The lowest BCUT2D eigenvalue weighted by molar-refractivity contribution is -0.870. The zero-order valence-electron chi connectivity index (χ0n) is 60.1. The number of hydrogen-bond donors (Lipinski definition) is 1. The highest BCUT2D eigenvalue weighted by atomic mass is 16.7. The maximum Gasteiger partial charge on any atom is 0.361 e. The Labute approximate surface area is 553 Å². The van der Waals surface area contributed by atoms with Crippen molar-refractivity contribution in [2.45, 2.75) is 411 Å². The Morgan fingerprint density at radius 2 is 0.607 bits per heavy atom. The molecule has 0 rings (SSSR count). The molecule has 2 atom stereocenters. The van der Waals surface area contributed by atoms with Gasteiger partial charge in [-0.3, -0.25) is 9.59 Å². The minimum absolute atomic E-state index is 0.178. The molecule has 0 aromatic heterocycles. The SMILES string of the molecule is CCCCCCC/C=C\C/C=C\CCCCCCCCCCCCCC(=O)OC(COC(=O)CCCCCCCCCCCCCCCCCCCCCCCCCCCCCCC/C=C\CCCCCCCCCC)COC(OCC[N+](C)(C)C)C(=O)O. The van der Waals surface area contributed by atoms with Gasteiger partial charge in [0.25, 0.3) is 6.29 Å². The third kappa shape index (κ3) is 72.8. The lowest BCUT2D eigenvalue weighted by atomic mass is 10.0. The first kappa shape index (κ1) is 86.5. The average Bonchev–Trinajstić information content (AvgIpc) is 3.64. The van der Waals surface area contributed by atoms with Crippen molar-refractivity contribution in [3.8, 4) is 0 Å². The zero-order valence-corrected chi connectivity index (χ0v) is 60.1. The van der Waals surface area contributed by atoms with Crippen molar-refractivity contribution in [2.75, 3.05) is 47.5 Å². The molecule has 0 saturated carbocycles. The van der Waals surface area contributed by atoms with Gasteiger partial charge in [0.2, 0.25) is 0 Å². The molecule has 0 aromatic carbocycles. The van der Waals surface area contributed by atoms with Crippen LogP contribution in [0.2, 0.25) is 0 Å². The second kappa shape index (κ2) is 71.4. The van der Waals surface area contributed by atoms with Crippen LogP contribution in [0.15, 0.2) is 36.5 Å². The Bertz CT molecular complexity index is 1550. The number of rotatable bonds is 74. The molecule has 9 nitrogen and oxygen atoms in total. The molecule has 0 spiro atoms. The van der Waals surface area contributed by atoms with Crippen molar-refractivity contribution in [3.63, 3.8) is 0 Å². The van der Waals surface area contributed by atoms with Gasteiger partial charge in [-0.2, -0.15) is 0 Å². The second-order valence-corrected chi connectivity index (χ2v) is 28.0. The number of carboxylic acid groups (broad SMARTS) is 1. The monoisotopic (exact) mass is 1260 g/mol. The smallest absolute Gasteiger partial charge is 0.361 e. The average molecular weight is 1260 g/mol. The van der Waals surface area contributed by atoms with Crippen LogP contribution in [0.4, 0.5) is 0 Å². The fourth-order valence-electron chi connectivity index (χ4n) is 11.9. The first-order chi connectivity index (χ1) is 43.6. The van der Waals surface area contributed by atoms with Crippen molar-refractivity contribution in [1.29, 1.82) is 0 Å². The Balaban J connectivity index is 3.92. The number of carbonyl (C=O) groups is 3. The highest BCUT2D eigenvalue weighted by Crippen LogP contribution is 2.19. The molecule has 9 heteroatoms. The molecule has 0 bridgehead atoms. The summed E-state index contributed by atoms with van der Waals surface area (Å²) in [6.07, 6.45) is 88.8. The van der Waals surface area contributed by atoms with Crippen LogP contribution in [0.1, 0.15) is 399 Å². The number of esters is 2. The number of carboxylic acids is 1. The van der Waals surface area contributed by atoms with Gasteiger partial charge >= 0.3 is 17.9 Å². The highest BCUT2D eigenvalue weighted by molar-refractivity contribution is 5.71. The van der Waals surface area contributed by atoms with Crippen molar-refractivity contribution in [1.82, 2.24) is 0 Å². The van der Waals surface area contributed by atoms with Crippen LogP contribution in [-0.2, 0) is 33.3 Å². The molecule has 89 heavy (non-hydrogen) atoms. The first-order valence-corrected chi connectivity index (χ1v) is 39.2. The summed E-state index contributed by atoms with van der Waals surface area (Å²) in [4.78, 5) is 37.7. The van der Waals surface area contributed by atoms with Gasteiger partial charge in [-0.1, -0.05) is 352 Å². The molecule has 0 aromatic rings. The minimum Gasteiger partial charge on any atom is -0.477 e. The Hall–Kier alpha value is -2.49. The van der Waals surface area contributed by atoms with E-state index in [-0.39, 0.29) is 38.2 Å². The summed E-state index contributed by atoms with van der Waals surface area (Å²) >= 11 is 0. The van der Waals surface area contributed by atoms with E-state index in [1.165, 1.54) is 327 Å². The van der Waals surface area contributed by atoms with Crippen LogP contribution in [0.3, 0.4) is 0 Å². The molecule has 0 aliphatic heterocycles. The Morgan fingerprint density at radius 3 is 0.899 bits per heavy atom. The molecule has 0 amide bonds. The number of likely N-dealkylation sites (N-methyl/N-ethyl adjacent to an activating group) is 1. The molecular weight excluding hydrogens is 1100 g/mol. The lowest BCUT2D eigenvalue weighted by Gasteiger charge is -2.25. The largest absolute Gasteiger partial charge is 0.477 e. The van der Waals surface area contributed by atoms with E-state index in [1.807, 2.05) is 21.1 Å². The minimum atomic E-state index is -1.51. The van der Waals surface area contributed by atoms with Gasteiger partial charge in [0.05, 0.1) is 34.4 Å². The molecule has 0 aliphatic carbocycles. The summed E-state index contributed by atoms with van der Waals surface area (Å²) in [5.74, 6) is -1.98. The van der Waals surface area contributed by atoms with Crippen molar-refractivity contribution >= 4 is 17.9 Å². The number of nitrogens with zero attached hydrogens (tertiary/aromatic N) is 1. The summed E-state index contributed by atoms with van der Waals surface area (Å²) in [7, 11) is 5.99. The predicted molar refractivity (Wildman–Crippen MR) is 383 cm³/mol. The molecule has 0 radical (unpaired) electrons. The van der Waals surface area contributed by atoms with Crippen LogP contribution in [-0.4, -0.2) is 87.4 Å². The van der Waals surface area contributed by atoms with Crippen LogP contribution in [0, 0.1) is 0 Å². The second-order valence-electron chi connectivity index (χ2n) is 28.0. The van der Waals surface area contributed by atoms with Crippen molar-refractivity contribution in [2.24, 2.45) is 0 Å². The van der Waals surface area contributed by atoms with E-state index in [9.17, 15) is 19.5 Å². The van der Waals surface area contributed by atoms with E-state index >= 15 is 0 Å². The quantitative estimate of drug-likeness (QED) is 0.0211. The fourth-order valence-corrected chi connectivity index (χ4v) is 11.9. The number of unbranched alkanes of at least 4 members (excludes halogenated alkanes) is 53. The predicted octanol–water partition coefficient (Wildman–Crippen LogP) is 24.7. The molecule has 0 fully saturated rings. The number of ether oxygens (including phenoxy) is 4. The van der Waals surface area contributed by atoms with Gasteiger partial charge in [0.1, 0.15) is 13.2 Å². The Kier molecular flexibility index (Phi) is 69.4. The summed E-state index contributed by atoms with van der Waals surface area (Å²) in [6.45, 7) is 4.93. The molecular formula is C80H152NO8+. The van der Waals surface area contributed by atoms with E-state index in [0.717, 1.165) is 44.9 Å². The van der Waals surface area contributed by atoms with E-state index in [0.29, 0.717) is 17.4 Å². The normalized spacial score (nSPS) is 12.8.